The van der Waals surface area contributed by atoms with Crippen molar-refractivity contribution in [2.45, 2.75) is 31.6 Å². The van der Waals surface area contributed by atoms with Gasteiger partial charge in [0.1, 0.15) is 11.5 Å². The highest BCUT2D eigenvalue weighted by Gasteiger charge is 2.29. The summed E-state index contributed by atoms with van der Waals surface area (Å²) in [7, 11) is -2.46. The SMILES string of the molecule is COC(=O)c1ccc2c(c1)CCCN2S(=O)(=O)c1ccc(Oc2cc(C)c(Cl)c(C)c2)cc1. The van der Waals surface area contributed by atoms with E-state index in [9.17, 15) is 13.2 Å². The van der Waals surface area contributed by atoms with Gasteiger partial charge in [0.05, 0.1) is 23.3 Å². The maximum Gasteiger partial charge on any atom is 0.337 e. The number of sulfonamides is 1. The summed E-state index contributed by atoms with van der Waals surface area (Å²) >= 11 is 6.22. The fraction of sp³-hybridized carbons (Fsp3) is 0.240. The van der Waals surface area contributed by atoms with Gasteiger partial charge in [0.25, 0.3) is 10.0 Å². The Balaban J connectivity index is 1.59. The van der Waals surface area contributed by atoms with Crippen LogP contribution >= 0.6 is 11.6 Å². The molecular weight excluding hydrogens is 462 g/mol. The average molecular weight is 486 g/mol. The maximum absolute atomic E-state index is 13.4. The molecule has 0 saturated carbocycles. The molecule has 0 saturated heterocycles. The lowest BCUT2D eigenvalue weighted by Crippen LogP contribution is -2.35. The van der Waals surface area contributed by atoms with Crippen LogP contribution in [0.3, 0.4) is 0 Å². The molecule has 0 spiro atoms. The minimum atomic E-state index is -3.78. The number of nitrogens with zero attached hydrogens (tertiary/aromatic N) is 1. The van der Waals surface area contributed by atoms with Crippen LogP contribution < -0.4 is 9.04 Å². The summed E-state index contributed by atoms with van der Waals surface area (Å²) in [5.74, 6) is 0.715. The monoisotopic (exact) mass is 485 g/mol. The molecule has 3 aromatic rings. The molecule has 0 unspecified atom stereocenters. The van der Waals surface area contributed by atoms with Crippen LogP contribution in [0.25, 0.3) is 0 Å². The lowest BCUT2D eigenvalue weighted by Gasteiger charge is -2.30. The Hall–Kier alpha value is -3.03. The van der Waals surface area contributed by atoms with Crippen LogP contribution in [0, 0.1) is 13.8 Å². The Morgan fingerprint density at radius 3 is 2.27 bits per heavy atom. The number of ether oxygens (including phenoxy) is 2. The number of rotatable bonds is 5. The predicted molar refractivity (Wildman–Crippen MR) is 128 cm³/mol. The molecule has 0 amide bonds. The van der Waals surface area contributed by atoms with Crippen molar-refractivity contribution < 1.29 is 22.7 Å². The largest absolute Gasteiger partial charge is 0.465 e. The zero-order valence-corrected chi connectivity index (χ0v) is 20.2. The molecule has 0 atom stereocenters. The molecule has 1 aliphatic heterocycles. The van der Waals surface area contributed by atoms with Crippen LogP contribution in [-0.2, 0) is 21.2 Å². The fourth-order valence-corrected chi connectivity index (χ4v) is 5.62. The Kier molecular flexibility index (Phi) is 6.36. The number of hydrogen-bond acceptors (Lipinski definition) is 5. The van der Waals surface area contributed by atoms with Crippen LogP contribution in [0.2, 0.25) is 5.02 Å². The van der Waals surface area contributed by atoms with Crippen molar-refractivity contribution in [1.29, 1.82) is 0 Å². The van der Waals surface area contributed by atoms with E-state index < -0.39 is 16.0 Å². The van der Waals surface area contributed by atoms with E-state index >= 15 is 0 Å². The van der Waals surface area contributed by atoms with E-state index in [-0.39, 0.29) is 4.90 Å². The van der Waals surface area contributed by atoms with Crippen molar-refractivity contribution in [1.82, 2.24) is 0 Å². The van der Waals surface area contributed by atoms with Crippen molar-refractivity contribution in [2.75, 3.05) is 18.0 Å². The summed E-state index contributed by atoms with van der Waals surface area (Å²) in [5.41, 5.74) is 3.61. The second kappa shape index (κ2) is 9.08. The van der Waals surface area contributed by atoms with E-state index in [4.69, 9.17) is 21.1 Å². The number of anilines is 1. The topological polar surface area (TPSA) is 72.9 Å². The zero-order chi connectivity index (χ0) is 23.8. The fourth-order valence-electron chi connectivity index (χ4n) is 3.97. The van der Waals surface area contributed by atoms with E-state index in [0.29, 0.717) is 47.2 Å². The van der Waals surface area contributed by atoms with E-state index in [2.05, 4.69) is 0 Å². The quantitative estimate of drug-likeness (QED) is 0.435. The Morgan fingerprint density at radius 2 is 1.64 bits per heavy atom. The summed E-state index contributed by atoms with van der Waals surface area (Å²) in [6.45, 7) is 4.18. The van der Waals surface area contributed by atoms with Gasteiger partial charge < -0.3 is 9.47 Å². The number of hydrogen-bond donors (Lipinski definition) is 0. The van der Waals surface area contributed by atoms with Gasteiger partial charge >= 0.3 is 5.97 Å². The molecule has 6 nitrogen and oxygen atoms in total. The number of halogens is 1. The van der Waals surface area contributed by atoms with E-state index in [1.54, 1.807) is 30.3 Å². The second-order valence-electron chi connectivity index (χ2n) is 7.96. The van der Waals surface area contributed by atoms with Gasteiger partial charge in [-0.25, -0.2) is 13.2 Å². The van der Waals surface area contributed by atoms with Gasteiger partial charge in [-0.2, -0.15) is 0 Å². The first-order chi connectivity index (χ1) is 15.7. The first kappa shape index (κ1) is 23.1. The number of carbonyl (C=O) groups is 1. The maximum atomic E-state index is 13.4. The summed E-state index contributed by atoms with van der Waals surface area (Å²) < 4.78 is 38.9. The number of methoxy groups -OCH3 is 1. The standard InChI is InChI=1S/C25H24ClNO5S/c1-16-13-21(14-17(2)24(16)26)32-20-7-9-22(10-8-20)33(29,30)27-12-4-5-18-15-19(25(28)31-3)6-11-23(18)27/h6-11,13-15H,4-5,12H2,1-3H3. The first-order valence-corrected chi connectivity index (χ1v) is 12.3. The summed E-state index contributed by atoms with van der Waals surface area (Å²) in [6, 6.07) is 15.0. The van der Waals surface area contributed by atoms with Crippen molar-refractivity contribution in [3.8, 4) is 11.5 Å². The van der Waals surface area contributed by atoms with Gasteiger partial charge in [-0.15, -0.1) is 0 Å². The number of carbonyl (C=O) groups excluding carboxylic acids is 1. The second-order valence-corrected chi connectivity index (χ2v) is 10.2. The molecule has 0 N–H and O–H groups in total. The highest BCUT2D eigenvalue weighted by molar-refractivity contribution is 7.92. The van der Waals surface area contributed by atoms with E-state index in [1.165, 1.54) is 23.5 Å². The Labute approximate surface area is 198 Å². The molecule has 0 fully saturated rings. The van der Waals surface area contributed by atoms with Crippen LogP contribution in [-0.4, -0.2) is 28.0 Å². The highest BCUT2D eigenvalue weighted by atomic mass is 35.5. The summed E-state index contributed by atoms with van der Waals surface area (Å²) in [6.07, 6.45) is 1.35. The molecule has 1 aliphatic rings. The van der Waals surface area contributed by atoms with Crippen molar-refractivity contribution >= 4 is 33.3 Å². The Bertz CT molecular complexity index is 1300. The molecule has 0 radical (unpaired) electrons. The van der Waals surface area contributed by atoms with Gasteiger partial charge in [-0.1, -0.05) is 11.6 Å². The lowest BCUT2D eigenvalue weighted by molar-refractivity contribution is 0.0600. The third-order valence-electron chi connectivity index (χ3n) is 5.63. The molecule has 1 heterocycles. The normalized spacial score (nSPS) is 13.4. The van der Waals surface area contributed by atoms with E-state index in [1.807, 2.05) is 26.0 Å². The van der Waals surface area contributed by atoms with Gasteiger partial charge in [0.15, 0.2) is 0 Å². The average Bonchev–Trinajstić information content (AvgIpc) is 2.81. The van der Waals surface area contributed by atoms with Crippen molar-refractivity contribution in [2.24, 2.45) is 0 Å². The molecule has 172 valence electrons. The van der Waals surface area contributed by atoms with Crippen LogP contribution in [0.4, 0.5) is 5.69 Å². The molecule has 4 rings (SSSR count). The van der Waals surface area contributed by atoms with Crippen LogP contribution in [0.5, 0.6) is 11.5 Å². The molecule has 0 aliphatic carbocycles. The molecule has 0 bridgehead atoms. The first-order valence-electron chi connectivity index (χ1n) is 10.5. The number of esters is 1. The third kappa shape index (κ3) is 4.56. The summed E-state index contributed by atoms with van der Waals surface area (Å²) in [5, 5.41) is 0.698. The number of aryl methyl sites for hydroxylation is 3. The van der Waals surface area contributed by atoms with Gasteiger partial charge in [-0.05, 0) is 98.0 Å². The lowest BCUT2D eigenvalue weighted by atomic mass is 10.0. The molecular formula is C25H24ClNO5S. The zero-order valence-electron chi connectivity index (χ0n) is 18.6. The Morgan fingerprint density at radius 1 is 0.970 bits per heavy atom. The number of benzene rings is 3. The highest BCUT2D eigenvalue weighted by Crippen LogP contribution is 2.34. The minimum absolute atomic E-state index is 0.170. The summed E-state index contributed by atoms with van der Waals surface area (Å²) in [4.78, 5) is 12.0. The van der Waals surface area contributed by atoms with Crippen molar-refractivity contribution in [3.63, 3.8) is 0 Å². The van der Waals surface area contributed by atoms with Crippen molar-refractivity contribution in [3.05, 3.63) is 81.9 Å². The third-order valence-corrected chi connectivity index (χ3v) is 8.06. The molecule has 8 heteroatoms. The minimum Gasteiger partial charge on any atom is -0.465 e. The van der Waals surface area contributed by atoms with Crippen LogP contribution in [0.15, 0.2) is 59.5 Å². The van der Waals surface area contributed by atoms with Gasteiger partial charge in [0, 0.05) is 11.6 Å². The molecule has 33 heavy (non-hydrogen) atoms. The molecule has 3 aromatic carbocycles. The molecule has 0 aromatic heterocycles. The van der Waals surface area contributed by atoms with Gasteiger partial charge in [0.2, 0.25) is 0 Å². The van der Waals surface area contributed by atoms with E-state index in [0.717, 1.165) is 16.7 Å². The van der Waals surface area contributed by atoms with Crippen LogP contribution in [0.1, 0.15) is 33.5 Å². The van der Waals surface area contributed by atoms with Gasteiger partial charge in [-0.3, -0.25) is 4.31 Å². The number of fused-ring (bicyclic) bond motifs is 1. The smallest absolute Gasteiger partial charge is 0.337 e. The predicted octanol–water partition coefficient (Wildman–Crippen LogP) is 5.68.